The van der Waals surface area contributed by atoms with Gasteiger partial charge in [-0.25, -0.2) is 0 Å². The fourth-order valence-corrected chi connectivity index (χ4v) is 1.54. The van der Waals surface area contributed by atoms with Crippen molar-refractivity contribution in [2.24, 2.45) is 7.05 Å². The Balaban J connectivity index is 2.57. The summed E-state index contributed by atoms with van der Waals surface area (Å²) in [5.74, 6) is -0.217. The average Bonchev–Trinajstić information content (AvgIpc) is 2.68. The van der Waals surface area contributed by atoms with E-state index in [1.807, 2.05) is 6.92 Å². The molecule has 0 aromatic carbocycles. The van der Waals surface area contributed by atoms with Gasteiger partial charge in [0.2, 0.25) is 0 Å². The topological polar surface area (TPSA) is 76.4 Å². The second-order valence-corrected chi connectivity index (χ2v) is 3.84. The first-order chi connectivity index (χ1) is 8.08. The zero-order chi connectivity index (χ0) is 12.8. The van der Waals surface area contributed by atoms with E-state index in [2.05, 4.69) is 10.4 Å². The molecule has 0 saturated carbocycles. The van der Waals surface area contributed by atoms with Crippen LogP contribution in [0.4, 0.5) is 0 Å². The van der Waals surface area contributed by atoms with Gasteiger partial charge in [-0.3, -0.25) is 9.48 Å². The van der Waals surface area contributed by atoms with Gasteiger partial charge in [0.25, 0.3) is 5.91 Å². The summed E-state index contributed by atoms with van der Waals surface area (Å²) in [6.45, 7) is 2.32. The lowest BCUT2D eigenvalue weighted by atomic mass is 10.2. The largest absolute Gasteiger partial charge is 0.389 e. The molecule has 2 N–H and O–H groups in total. The lowest BCUT2D eigenvalue weighted by Crippen LogP contribution is -2.34. The molecule has 1 rings (SSSR count). The number of hydrogen-bond acceptors (Lipinski definition) is 4. The van der Waals surface area contributed by atoms with Gasteiger partial charge in [-0.1, -0.05) is 6.92 Å². The zero-order valence-electron chi connectivity index (χ0n) is 10.4. The molecule has 1 heterocycles. The van der Waals surface area contributed by atoms with Crippen LogP contribution in [0.3, 0.4) is 0 Å². The lowest BCUT2D eigenvalue weighted by molar-refractivity contribution is 0.0609. The van der Waals surface area contributed by atoms with E-state index in [0.717, 1.165) is 5.69 Å². The van der Waals surface area contributed by atoms with E-state index in [-0.39, 0.29) is 19.1 Å². The fraction of sp³-hybridized carbons (Fsp3) is 0.636. The Bertz CT molecular complexity index is 376. The molecular weight excluding hydrogens is 222 g/mol. The average molecular weight is 241 g/mol. The van der Waals surface area contributed by atoms with Crippen molar-refractivity contribution >= 4 is 5.91 Å². The smallest absolute Gasteiger partial charge is 0.254 e. The predicted molar refractivity (Wildman–Crippen MR) is 62.8 cm³/mol. The number of carbonyl (C=O) groups excluding carboxylic acids is 1. The summed E-state index contributed by atoms with van der Waals surface area (Å²) >= 11 is 0. The molecule has 0 spiro atoms. The molecule has 0 aliphatic heterocycles. The van der Waals surface area contributed by atoms with E-state index in [4.69, 9.17) is 4.74 Å². The molecule has 0 aliphatic rings. The number of nitrogens with one attached hydrogen (secondary N) is 1. The second kappa shape index (κ2) is 6.36. The third-order valence-electron chi connectivity index (χ3n) is 2.34. The first-order valence-corrected chi connectivity index (χ1v) is 5.56. The van der Waals surface area contributed by atoms with Crippen LogP contribution >= 0.6 is 0 Å². The minimum absolute atomic E-state index is 0.171. The zero-order valence-corrected chi connectivity index (χ0v) is 10.4. The van der Waals surface area contributed by atoms with Crippen LogP contribution in [-0.2, 0) is 18.2 Å². The van der Waals surface area contributed by atoms with Gasteiger partial charge in [0.15, 0.2) is 0 Å². The summed E-state index contributed by atoms with van der Waals surface area (Å²) in [6.07, 6.45) is 1.69. The highest BCUT2D eigenvalue weighted by Gasteiger charge is 2.15. The monoisotopic (exact) mass is 241 g/mol. The van der Waals surface area contributed by atoms with Crippen molar-refractivity contribution in [3.05, 3.63) is 17.5 Å². The van der Waals surface area contributed by atoms with Gasteiger partial charge in [-0.05, 0) is 6.42 Å². The van der Waals surface area contributed by atoms with E-state index >= 15 is 0 Å². The lowest BCUT2D eigenvalue weighted by Gasteiger charge is -2.10. The number of amides is 1. The molecule has 0 aliphatic carbocycles. The molecule has 1 amide bonds. The van der Waals surface area contributed by atoms with Gasteiger partial charge in [0.1, 0.15) is 0 Å². The standard InChI is InChI=1S/C11H19N3O3/c1-4-10-9(6-14(2)13-10)11(16)12-5-8(15)7-17-3/h6,8,15H,4-5,7H2,1-3H3,(H,12,16). The number of ether oxygens (including phenoxy) is 1. The van der Waals surface area contributed by atoms with E-state index in [0.29, 0.717) is 12.0 Å². The molecule has 1 aromatic rings. The Kier molecular flexibility index (Phi) is 5.11. The number of aliphatic hydroxyl groups is 1. The maximum Gasteiger partial charge on any atom is 0.254 e. The van der Waals surface area contributed by atoms with E-state index in [1.54, 1.807) is 17.9 Å². The molecule has 1 atom stereocenters. The van der Waals surface area contributed by atoms with E-state index in [9.17, 15) is 9.90 Å². The predicted octanol–water partition coefficient (Wildman–Crippen LogP) is -0.280. The third-order valence-corrected chi connectivity index (χ3v) is 2.34. The Morgan fingerprint density at radius 3 is 3.00 bits per heavy atom. The number of aryl methyl sites for hydroxylation is 2. The molecule has 1 aromatic heterocycles. The molecule has 0 radical (unpaired) electrons. The summed E-state index contributed by atoms with van der Waals surface area (Å²) in [6, 6.07) is 0. The minimum Gasteiger partial charge on any atom is -0.389 e. The van der Waals surface area contributed by atoms with Crippen molar-refractivity contribution in [3.8, 4) is 0 Å². The molecular formula is C11H19N3O3. The highest BCUT2D eigenvalue weighted by Crippen LogP contribution is 2.06. The Hall–Kier alpha value is -1.40. The Labute approximate surface area is 101 Å². The highest BCUT2D eigenvalue weighted by atomic mass is 16.5. The van der Waals surface area contributed by atoms with Crippen LogP contribution in [0.2, 0.25) is 0 Å². The maximum atomic E-state index is 11.8. The van der Waals surface area contributed by atoms with Crippen molar-refractivity contribution in [2.45, 2.75) is 19.4 Å². The van der Waals surface area contributed by atoms with Gasteiger partial charge in [-0.2, -0.15) is 5.10 Å². The van der Waals surface area contributed by atoms with Gasteiger partial charge >= 0.3 is 0 Å². The number of rotatable bonds is 6. The number of carbonyl (C=O) groups is 1. The second-order valence-electron chi connectivity index (χ2n) is 3.84. The molecule has 17 heavy (non-hydrogen) atoms. The summed E-state index contributed by atoms with van der Waals surface area (Å²) < 4.78 is 6.38. The molecule has 0 bridgehead atoms. The third kappa shape index (κ3) is 3.83. The van der Waals surface area contributed by atoms with E-state index < -0.39 is 6.10 Å². The van der Waals surface area contributed by atoms with Crippen LogP contribution in [0.1, 0.15) is 23.0 Å². The van der Waals surface area contributed by atoms with Crippen LogP contribution in [-0.4, -0.2) is 47.2 Å². The number of nitrogens with zero attached hydrogens (tertiary/aromatic N) is 2. The van der Waals surface area contributed by atoms with Crippen molar-refractivity contribution in [1.82, 2.24) is 15.1 Å². The van der Waals surface area contributed by atoms with Crippen molar-refractivity contribution in [3.63, 3.8) is 0 Å². The van der Waals surface area contributed by atoms with Crippen LogP contribution in [0, 0.1) is 0 Å². The van der Waals surface area contributed by atoms with Crippen LogP contribution < -0.4 is 5.32 Å². The number of hydrogen-bond donors (Lipinski definition) is 2. The number of methoxy groups -OCH3 is 1. The first kappa shape index (κ1) is 13.7. The van der Waals surface area contributed by atoms with Gasteiger partial charge in [-0.15, -0.1) is 0 Å². The van der Waals surface area contributed by atoms with Crippen molar-refractivity contribution in [1.29, 1.82) is 0 Å². The summed E-state index contributed by atoms with van der Waals surface area (Å²) in [5, 5.41) is 16.2. The van der Waals surface area contributed by atoms with Gasteiger partial charge in [0, 0.05) is 26.9 Å². The Morgan fingerprint density at radius 1 is 1.71 bits per heavy atom. The molecule has 6 heteroatoms. The normalized spacial score (nSPS) is 12.5. The minimum atomic E-state index is -0.689. The van der Waals surface area contributed by atoms with Gasteiger partial charge < -0.3 is 15.2 Å². The van der Waals surface area contributed by atoms with Crippen molar-refractivity contribution in [2.75, 3.05) is 20.3 Å². The SMILES string of the molecule is CCc1nn(C)cc1C(=O)NCC(O)COC. The van der Waals surface area contributed by atoms with Gasteiger partial charge in [0.05, 0.1) is 24.0 Å². The molecule has 0 fully saturated rings. The number of aliphatic hydroxyl groups excluding tert-OH is 1. The van der Waals surface area contributed by atoms with Crippen LogP contribution in [0.5, 0.6) is 0 Å². The fourth-order valence-electron chi connectivity index (χ4n) is 1.54. The summed E-state index contributed by atoms with van der Waals surface area (Å²) in [4.78, 5) is 11.8. The Morgan fingerprint density at radius 2 is 2.41 bits per heavy atom. The molecule has 96 valence electrons. The molecule has 6 nitrogen and oxygen atoms in total. The summed E-state index contributed by atoms with van der Waals surface area (Å²) in [5.41, 5.74) is 1.31. The molecule has 0 saturated heterocycles. The number of aromatic nitrogens is 2. The highest BCUT2D eigenvalue weighted by molar-refractivity contribution is 5.95. The van der Waals surface area contributed by atoms with Crippen LogP contribution in [0.25, 0.3) is 0 Å². The summed E-state index contributed by atoms with van der Waals surface area (Å²) in [7, 11) is 3.27. The first-order valence-electron chi connectivity index (χ1n) is 5.56. The van der Waals surface area contributed by atoms with E-state index in [1.165, 1.54) is 7.11 Å². The van der Waals surface area contributed by atoms with Crippen molar-refractivity contribution < 1.29 is 14.6 Å². The maximum absolute atomic E-state index is 11.8. The van der Waals surface area contributed by atoms with Crippen LogP contribution in [0.15, 0.2) is 6.20 Å². The quantitative estimate of drug-likeness (QED) is 0.718. The molecule has 1 unspecified atom stereocenters.